The molecule has 0 bridgehead atoms. The number of fused-ring (bicyclic) bond motifs is 3. The van der Waals surface area contributed by atoms with Gasteiger partial charge < -0.3 is 14.5 Å². The first-order valence-electron chi connectivity index (χ1n) is 5.45. The summed E-state index contributed by atoms with van der Waals surface area (Å²) in [5.74, 6) is 0.527. The molecule has 0 spiro atoms. The molecule has 1 aromatic carbocycles. The number of benzene rings is 1. The molecule has 86 valence electrons. The van der Waals surface area contributed by atoms with Crippen LogP contribution in [0.5, 0.6) is 5.75 Å². The number of nitrogens with one attached hydrogen (secondary N) is 1. The molecule has 0 fully saturated rings. The number of aldehydes is 1. The van der Waals surface area contributed by atoms with Gasteiger partial charge >= 0.3 is 0 Å². The minimum atomic E-state index is -0.194. The number of pyridine rings is 1. The van der Waals surface area contributed by atoms with Crippen LogP contribution in [0.2, 0.25) is 0 Å². The molecule has 2 aromatic rings. The molecule has 1 atom stereocenters. The highest BCUT2D eigenvalue weighted by Gasteiger charge is 2.26. The first kappa shape index (κ1) is 10.1. The normalized spacial score (nSPS) is 17.8. The Kier molecular flexibility index (Phi) is 2.04. The van der Waals surface area contributed by atoms with E-state index in [-0.39, 0.29) is 11.5 Å². The standard InChI is InChI=1S/C13H11NO3/c1-7-4-10-8(5-15)6-17-13(10)9-2-3-11(16)14-12(7)9/h2-5,8H,6H2,1H3,(H,14,16). The first-order valence-corrected chi connectivity index (χ1v) is 5.45. The van der Waals surface area contributed by atoms with Crippen LogP contribution in [0.1, 0.15) is 17.0 Å². The Morgan fingerprint density at radius 1 is 1.47 bits per heavy atom. The molecule has 1 aliphatic rings. The van der Waals surface area contributed by atoms with Crippen molar-refractivity contribution < 1.29 is 9.53 Å². The number of aryl methyl sites for hydroxylation is 1. The molecule has 3 rings (SSSR count). The van der Waals surface area contributed by atoms with Gasteiger partial charge in [0.2, 0.25) is 5.56 Å². The molecule has 1 aromatic heterocycles. The van der Waals surface area contributed by atoms with E-state index in [0.29, 0.717) is 6.61 Å². The van der Waals surface area contributed by atoms with Gasteiger partial charge in [0.25, 0.3) is 0 Å². The molecular weight excluding hydrogens is 218 g/mol. The van der Waals surface area contributed by atoms with E-state index in [9.17, 15) is 9.59 Å². The topological polar surface area (TPSA) is 59.2 Å². The third kappa shape index (κ3) is 1.37. The van der Waals surface area contributed by atoms with Crippen LogP contribution in [0.4, 0.5) is 0 Å². The number of hydrogen-bond acceptors (Lipinski definition) is 3. The van der Waals surface area contributed by atoms with Crippen molar-refractivity contribution in [1.29, 1.82) is 0 Å². The van der Waals surface area contributed by atoms with Gasteiger partial charge in [-0.15, -0.1) is 0 Å². The van der Waals surface area contributed by atoms with E-state index in [4.69, 9.17) is 4.74 Å². The second-order valence-electron chi connectivity index (χ2n) is 4.28. The Labute approximate surface area is 97.2 Å². The number of carbonyl (C=O) groups is 1. The van der Waals surface area contributed by atoms with Crippen molar-refractivity contribution in [3.05, 3.63) is 39.7 Å². The molecule has 1 N–H and O–H groups in total. The third-order valence-electron chi connectivity index (χ3n) is 3.16. The highest BCUT2D eigenvalue weighted by atomic mass is 16.5. The molecule has 1 aliphatic heterocycles. The Morgan fingerprint density at radius 3 is 3.06 bits per heavy atom. The van der Waals surface area contributed by atoms with Crippen molar-refractivity contribution in [3.63, 3.8) is 0 Å². The van der Waals surface area contributed by atoms with Crippen LogP contribution < -0.4 is 10.3 Å². The van der Waals surface area contributed by atoms with Crippen LogP contribution in [0.25, 0.3) is 10.9 Å². The predicted octanol–water partition coefficient (Wildman–Crippen LogP) is 1.51. The quantitative estimate of drug-likeness (QED) is 0.754. The molecule has 0 saturated carbocycles. The Morgan fingerprint density at radius 2 is 2.29 bits per heavy atom. The molecular formula is C13H11NO3. The van der Waals surface area contributed by atoms with Crippen LogP contribution in [0.15, 0.2) is 23.0 Å². The number of ether oxygens (including phenoxy) is 1. The van der Waals surface area contributed by atoms with Gasteiger partial charge in [-0.2, -0.15) is 0 Å². The minimum Gasteiger partial charge on any atom is -0.491 e. The van der Waals surface area contributed by atoms with Gasteiger partial charge in [0.05, 0.1) is 11.4 Å². The summed E-state index contributed by atoms with van der Waals surface area (Å²) in [4.78, 5) is 25.0. The molecule has 4 nitrogen and oxygen atoms in total. The Balaban J connectivity index is 2.40. The van der Waals surface area contributed by atoms with Gasteiger partial charge in [0.15, 0.2) is 0 Å². The summed E-state index contributed by atoms with van der Waals surface area (Å²) in [5, 5.41) is 0.865. The van der Waals surface area contributed by atoms with Gasteiger partial charge in [0, 0.05) is 17.0 Å². The van der Waals surface area contributed by atoms with E-state index >= 15 is 0 Å². The van der Waals surface area contributed by atoms with E-state index in [1.54, 1.807) is 6.07 Å². The molecule has 0 saturated heterocycles. The summed E-state index contributed by atoms with van der Waals surface area (Å²) in [6.45, 7) is 2.30. The lowest BCUT2D eigenvalue weighted by atomic mass is 9.98. The Hall–Kier alpha value is -2.10. The van der Waals surface area contributed by atoms with Gasteiger partial charge in [-0.25, -0.2) is 0 Å². The fourth-order valence-corrected chi connectivity index (χ4v) is 2.31. The van der Waals surface area contributed by atoms with E-state index in [2.05, 4.69) is 4.98 Å². The zero-order valence-electron chi connectivity index (χ0n) is 9.32. The van der Waals surface area contributed by atoms with Crippen molar-refractivity contribution in [2.75, 3.05) is 6.61 Å². The van der Waals surface area contributed by atoms with Gasteiger partial charge in [-0.05, 0) is 24.6 Å². The highest BCUT2D eigenvalue weighted by Crippen LogP contribution is 2.39. The van der Waals surface area contributed by atoms with Gasteiger partial charge in [-0.1, -0.05) is 0 Å². The SMILES string of the molecule is Cc1cc2c(c3ccc(=O)[nH]c13)OCC2C=O. The van der Waals surface area contributed by atoms with E-state index in [1.807, 2.05) is 13.0 Å². The van der Waals surface area contributed by atoms with Crippen LogP contribution >= 0.6 is 0 Å². The molecule has 4 heteroatoms. The van der Waals surface area contributed by atoms with Crippen molar-refractivity contribution in [2.24, 2.45) is 0 Å². The summed E-state index contributed by atoms with van der Waals surface area (Å²) >= 11 is 0. The molecule has 0 amide bonds. The molecule has 0 radical (unpaired) electrons. The summed E-state index contributed by atoms with van der Waals surface area (Å²) in [5.41, 5.74) is 2.51. The zero-order valence-corrected chi connectivity index (χ0v) is 9.32. The molecule has 2 heterocycles. The van der Waals surface area contributed by atoms with E-state index in [1.165, 1.54) is 6.07 Å². The lowest BCUT2D eigenvalue weighted by molar-refractivity contribution is -0.109. The highest BCUT2D eigenvalue weighted by molar-refractivity contribution is 5.91. The molecule has 17 heavy (non-hydrogen) atoms. The zero-order chi connectivity index (χ0) is 12.0. The Bertz CT molecular complexity index is 672. The number of carbonyl (C=O) groups excluding carboxylic acids is 1. The van der Waals surface area contributed by atoms with Crippen LogP contribution in [0, 0.1) is 6.92 Å². The fourth-order valence-electron chi connectivity index (χ4n) is 2.31. The van der Waals surface area contributed by atoms with Crippen molar-refractivity contribution in [2.45, 2.75) is 12.8 Å². The maximum Gasteiger partial charge on any atom is 0.248 e. The molecule has 1 unspecified atom stereocenters. The van der Waals surface area contributed by atoms with E-state index < -0.39 is 0 Å². The van der Waals surface area contributed by atoms with Crippen LogP contribution in [-0.2, 0) is 4.79 Å². The van der Waals surface area contributed by atoms with Crippen molar-refractivity contribution >= 4 is 17.2 Å². The maximum absolute atomic E-state index is 11.3. The number of H-pyrrole nitrogens is 1. The van der Waals surface area contributed by atoms with Gasteiger partial charge in [-0.3, -0.25) is 4.79 Å². The average Bonchev–Trinajstić information content (AvgIpc) is 2.72. The van der Waals surface area contributed by atoms with Crippen molar-refractivity contribution in [3.8, 4) is 5.75 Å². The number of rotatable bonds is 1. The largest absolute Gasteiger partial charge is 0.491 e. The second kappa shape index (κ2) is 3.45. The average molecular weight is 229 g/mol. The summed E-state index contributed by atoms with van der Waals surface area (Å²) in [6.07, 6.45) is 0.906. The van der Waals surface area contributed by atoms with Crippen LogP contribution in [-0.4, -0.2) is 17.9 Å². The summed E-state index contributed by atoms with van der Waals surface area (Å²) < 4.78 is 5.56. The number of hydrogen-bond donors (Lipinski definition) is 1. The maximum atomic E-state index is 11.3. The second-order valence-corrected chi connectivity index (χ2v) is 4.28. The molecule has 0 aliphatic carbocycles. The first-order chi connectivity index (χ1) is 8.20. The lowest BCUT2D eigenvalue weighted by Gasteiger charge is -2.07. The third-order valence-corrected chi connectivity index (χ3v) is 3.16. The fraction of sp³-hybridized carbons (Fsp3) is 0.231. The van der Waals surface area contributed by atoms with Crippen LogP contribution in [0.3, 0.4) is 0 Å². The minimum absolute atomic E-state index is 0.134. The number of aromatic amines is 1. The smallest absolute Gasteiger partial charge is 0.248 e. The predicted molar refractivity (Wildman–Crippen MR) is 63.6 cm³/mol. The summed E-state index contributed by atoms with van der Waals surface area (Å²) in [6, 6.07) is 5.13. The monoisotopic (exact) mass is 229 g/mol. The van der Waals surface area contributed by atoms with E-state index in [0.717, 1.165) is 34.1 Å². The number of aromatic nitrogens is 1. The van der Waals surface area contributed by atoms with Crippen molar-refractivity contribution in [1.82, 2.24) is 4.98 Å². The lowest BCUT2D eigenvalue weighted by Crippen LogP contribution is -2.04. The summed E-state index contributed by atoms with van der Waals surface area (Å²) in [7, 11) is 0. The van der Waals surface area contributed by atoms with Gasteiger partial charge in [0.1, 0.15) is 18.6 Å².